The van der Waals surface area contributed by atoms with Gasteiger partial charge in [0, 0.05) is 32.4 Å². The van der Waals surface area contributed by atoms with E-state index >= 15 is 0 Å². The Morgan fingerprint density at radius 2 is 1.46 bits per heavy atom. The number of benzene rings is 3. The molecule has 35 heavy (non-hydrogen) atoms. The van der Waals surface area contributed by atoms with Crippen LogP contribution in [0, 0.1) is 0 Å². The second kappa shape index (κ2) is 11.4. The quantitative estimate of drug-likeness (QED) is 0.189. The fourth-order valence-electron chi connectivity index (χ4n) is 3.01. The molecule has 0 unspecified atom stereocenters. The van der Waals surface area contributed by atoms with E-state index in [1.807, 2.05) is 0 Å². The van der Waals surface area contributed by atoms with Gasteiger partial charge in [0.05, 0.1) is 0 Å². The summed E-state index contributed by atoms with van der Waals surface area (Å²) in [6.07, 6.45) is 2.86. The van der Waals surface area contributed by atoms with Crippen molar-refractivity contribution in [1.82, 2.24) is 5.32 Å². The van der Waals surface area contributed by atoms with Gasteiger partial charge in [-0.15, -0.1) is 0 Å². The molecule has 4 aromatic rings. The molecule has 4 rings (SSSR count). The molecule has 0 spiro atoms. The first-order valence-corrected chi connectivity index (χ1v) is 11.8. The van der Waals surface area contributed by atoms with E-state index < -0.39 is 5.91 Å². The van der Waals surface area contributed by atoms with Crippen molar-refractivity contribution < 1.29 is 13.9 Å². The molecule has 0 aliphatic heterocycles. The van der Waals surface area contributed by atoms with Crippen LogP contribution in [0.15, 0.2) is 89.4 Å². The van der Waals surface area contributed by atoms with E-state index in [2.05, 4.69) is 10.6 Å². The van der Waals surface area contributed by atoms with Crippen LogP contribution >= 0.6 is 47.0 Å². The van der Waals surface area contributed by atoms with Gasteiger partial charge >= 0.3 is 0 Å². The van der Waals surface area contributed by atoms with Crippen LogP contribution < -0.4 is 15.4 Å². The molecule has 2 N–H and O–H groups in total. The van der Waals surface area contributed by atoms with E-state index in [1.54, 1.807) is 78.9 Å². The van der Waals surface area contributed by atoms with Gasteiger partial charge in [-0.3, -0.25) is 10.1 Å². The van der Waals surface area contributed by atoms with Gasteiger partial charge in [0.25, 0.3) is 0 Å². The second-order valence-corrected chi connectivity index (χ2v) is 8.93. The van der Waals surface area contributed by atoms with E-state index in [0.29, 0.717) is 43.8 Å². The van der Waals surface area contributed by atoms with Crippen molar-refractivity contribution in [2.75, 3.05) is 5.32 Å². The summed E-state index contributed by atoms with van der Waals surface area (Å²) >= 11 is 23.2. The molecule has 0 aliphatic carbocycles. The zero-order chi connectivity index (χ0) is 24.8. The van der Waals surface area contributed by atoms with Crippen LogP contribution in [0.1, 0.15) is 5.76 Å². The number of carbonyl (C=O) groups is 1. The predicted octanol–water partition coefficient (Wildman–Crippen LogP) is 8.23. The number of nitrogens with one attached hydrogen (secondary N) is 2. The largest absolute Gasteiger partial charge is 0.457 e. The van der Waals surface area contributed by atoms with E-state index in [0.717, 1.165) is 5.56 Å². The molecular formula is C26H17Cl3N2O3S. The lowest BCUT2D eigenvalue weighted by Crippen LogP contribution is -2.32. The highest BCUT2D eigenvalue weighted by atomic mass is 35.5. The highest BCUT2D eigenvalue weighted by Crippen LogP contribution is 2.29. The van der Waals surface area contributed by atoms with Crippen LogP contribution in [0.2, 0.25) is 15.1 Å². The van der Waals surface area contributed by atoms with Gasteiger partial charge in [0.15, 0.2) is 5.11 Å². The zero-order valence-electron chi connectivity index (χ0n) is 17.9. The number of furan rings is 1. The fraction of sp³-hybridized carbons (Fsp3) is 0. The summed E-state index contributed by atoms with van der Waals surface area (Å²) in [6, 6.07) is 22.8. The number of hydrogen-bond acceptors (Lipinski definition) is 4. The number of thiocarbonyl (C=S) groups is 1. The normalized spacial score (nSPS) is 10.8. The second-order valence-electron chi connectivity index (χ2n) is 7.22. The average Bonchev–Trinajstić information content (AvgIpc) is 3.29. The highest BCUT2D eigenvalue weighted by Gasteiger charge is 2.07. The standard InChI is InChI=1S/C26H17Cl3N2O3S/c27-17-1-5-21(6-2-17)33-22-7-3-20(4-8-22)30-26(35)31-25(32)12-10-23-9-11-24(34-23)16-13-18(28)15-19(29)14-16/h1-15H,(H2,30,31,32,35)/b12-10+. The third-order valence-corrected chi connectivity index (χ3v) is 5.46. The average molecular weight is 544 g/mol. The predicted molar refractivity (Wildman–Crippen MR) is 146 cm³/mol. The van der Waals surface area contributed by atoms with E-state index in [-0.39, 0.29) is 5.11 Å². The molecule has 176 valence electrons. The molecule has 1 amide bonds. The number of hydrogen-bond donors (Lipinski definition) is 2. The van der Waals surface area contributed by atoms with Gasteiger partial charge in [0.1, 0.15) is 23.0 Å². The van der Waals surface area contributed by atoms with E-state index in [9.17, 15) is 4.79 Å². The minimum absolute atomic E-state index is 0.153. The molecule has 3 aromatic carbocycles. The van der Waals surface area contributed by atoms with Crippen molar-refractivity contribution >= 4 is 69.8 Å². The van der Waals surface area contributed by atoms with Crippen LogP contribution in [-0.2, 0) is 4.79 Å². The van der Waals surface area contributed by atoms with Gasteiger partial charge in [-0.2, -0.15) is 0 Å². The van der Waals surface area contributed by atoms with Crippen LogP contribution in [0.4, 0.5) is 5.69 Å². The summed E-state index contributed by atoms with van der Waals surface area (Å²) in [6.45, 7) is 0. The molecule has 0 saturated heterocycles. The Balaban J connectivity index is 1.29. The minimum Gasteiger partial charge on any atom is -0.457 e. The Hall–Kier alpha value is -3.29. The molecule has 0 bridgehead atoms. The number of amides is 1. The van der Waals surface area contributed by atoms with E-state index in [4.69, 9.17) is 56.2 Å². The third-order valence-electron chi connectivity index (χ3n) is 4.57. The Morgan fingerprint density at radius 1 is 0.829 bits per heavy atom. The lowest BCUT2D eigenvalue weighted by Gasteiger charge is -2.10. The number of rotatable bonds is 6. The molecule has 1 aromatic heterocycles. The molecule has 0 atom stereocenters. The first-order valence-electron chi connectivity index (χ1n) is 10.2. The Bertz CT molecular complexity index is 1360. The van der Waals surface area contributed by atoms with Crippen molar-refractivity contribution in [3.63, 3.8) is 0 Å². The Labute approximate surface area is 222 Å². The molecule has 1 heterocycles. The maximum Gasteiger partial charge on any atom is 0.250 e. The van der Waals surface area contributed by atoms with Crippen LogP contribution in [0.3, 0.4) is 0 Å². The number of anilines is 1. The SMILES string of the molecule is O=C(/C=C/c1ccc(-c2cc(Cl)cc(Cl)c2)o1)NC(=S)Nc1ccc(Oc2ccc(Cl)cc2)cc1. The lowest BCUT2D eigenvalue weighted by molar-refractivity contribution is -0.115. The molecule has 0 aliphatic rings. The Kier molecular flexibility index (Phi) is 8.10. The Morgan fingerprint density at radius 3 is 2.11 bits per heavy atom. The van der Waals surface area contributed by atoms with Gasteiger partial charge < -0.3 is 14.5 Å². The zero-order valence-corrected chi connectivity index (χ0v) is 21.0. The van der Waals surface area contributed by atoms with Gasteiger partial charge in [-0.1, -0.05) is 34.8 Å². The van der Waals surface area contributed by atoms with Crippen LogP contribution in [0.25, 0.3) is 17.4 Å². The van der Waals surface area contributed by atoms with Crippen molar-refractivity contribution in [2.45, 2.75) is 0 Å². The fourth-order valence-corrected chi connectivity index (χ4v) is 3.88. The molecule has 5 nitrogen and oxygen atoms in total. The van der Waals surface area contributed by atoms with Crippen LogP contribution in [0.5, 0.6) is 11.5 Å². The maximum atomic E-state index is 12.2. The summed E-state index contributed by atoms with van der Waals surface area (Å²) in [4.78, 5) is 12.2. The van der Waals surface area contributed by atoms with Gasteiger partial charge in [-0.05, 0) is 97.2 Å². The first-order chi connectivity index (χ1) is 16.8. The lowest BCUT2D eigenvalue weighted by atomic mass is 10.2. The summed E-state index contributed by atoms with van der Waals surface area (Å²) in [5.74, 6) is 1.98. The molecule has 0 radical (unpaired) electrons. The van der Waals surface area contributed by atoms with Gasteiger partial charge in [-0.25, -0.2) is 0 Å². The van der Waals surface area contributed by atoms with Gasteiger partial charge in [0.2, 0.25) is 5.91 Å². The number of halogens is 3. The third kappa shape index (κ3) is 7.34. The highest BCUT2D eigenvalue weighted by molar-refractivity contribution is 7.80. The number of ether oxygens (including phenoxy) is 1. The molecular weight excluding hydrogens is 527 g/mol. The van der Waals surface area contributed by atoms with Crippen molar-refractivity contribution in [1.29, 1.82) is 0 Å². The smallest absolute Gasteiger partial charge is 0.250 e. The monoisotopic (exact) mass is 542 g/mol. The minimum atomic E-state index is -0.408. The van der Waals surface area contributed by atoms with Crippen LogP contribution in [-0.4, -0.2) is 11.0 Å². The van der Waals surface area contributed by atoms with Crippen molar-refractivity contribution in [3.8, 4) is 22.8 Å². The molecule has 0 saturated carbocycles. The summed E-state index contributed by atoms with van der Waals surface area (Å²) in [5.41, 5.74) is 1.43. The first kappa shape index (κ1) is 24.8. The molecule has 9 heteroatoms. The number of carbonyl (C=O) groups excluding carboxylic acids is 1. The van der Waals surface area contributed by atoms with Crippen molar-refractivity contribution in [2.24, 2.45) is 0 Å². The van der Waals surface area contributed by atoms with Crippen molar-refractivity contribution in [3.05, 3.63) is 106 Å². The summed E-state index contributed by atoms with van der Waals surface area (Å²) in [5, 5.41) is 7.34. The summed E-state index contributed by atoms with van der Waals surface area (Å²) < 4.78 is 11.5. The summed E-state index contributed by atoms with van der Waals surface area (Å²) in [7, 11) is 0. The topological polar surface area (TPSA) is 63.5 Å². The maximum absolute atomic E-state index is 12.2. The molecule has 0 fully saturated rings. The van der Waals surface area contributed by atoms with E-state index in [1.165, 1.54) is 12.2 Å².